The zero-order chi connectivity index (χ0) is 25.0. The largest absolute Gasteiger partial charge is 0.481 e. The first kappa shape index (κ1) is 29.7. The van der Waals surface area contributed by atoms with E-state index in [-0.39, 0.29) is 30.4 Å². The molecule has 0 heterocycles. The molecule has 5 atom stereocenters. The van der Waals surface area contributed by atoms with Crippen molar-refractivity contribution in [2.45, 2.75) is 77.5 Å². The topological polar surface area (TPSA) is 188 Å². The van der Waals surface area contributed by atoms with E-state index in [0.717, 1.165) is 0 Å². The van der Waals surface area contributed by atoms with Crippen molar-refractivity contribution in [3.63, 3.8) is 0 Å². The summed E-state index contributed by atoms with van der Waals surface area (Å²) in [6.07, 6.45) is 0.127. The number of rotatable bonds is 15. The first-order valence-electron chi connectivity index (χ1n) is 10.6. The van der Waals surface area contributed by atoms with Gasteiger partial charge in [0, 0.05) is 12.2 Å². The van der Waals surface area contributed by atoms with E-state index < -0.39 is 60.2 Å². The Morgan fingerprint density at radius 1 is 0.875 bits per heavy atom. The van der Waals surface area contributed by atoms with Crippen molar-refractivity contribution >= 4 is 42.3 Å². The number of nitrogens with two attached hydrogens (primary N) is 1. The summed E-state index contributed by atoms with van der Waals surface area (Å²) in [5.74, 6) is -4.69. The minimum Gasteiger partial charge on any atom is -0.481 e. The summed E-state index contributed by atoms with van der Waals surface area (Å²) in [6, 6.07) is -4.36. The molecule has 0 aromatic heterocycles. The lowest BCUT2D eigenvalue weighted by Crippen LogP contribution is -2.58. The Morgan fingerprint density at radius 2 is 1.38 bits per heavy atom. The molecule has 0 aliphatic heterocycles. The summed E-state index contributed by atoms with van der Waals surface area (Å²) < 4.78 is 0. The van der Waals surface area contributed by atoms with Crippen molar-refractivity contribution < 1.29 is 34.2 Å². The standard InChI is InChI=1S/C20H36N4O7S/c1-5-11(4)16(21)19(29)24-14(9-32)18(28)23-13(8-10(2)3)17(27)22-12(20(30)31)6-7-15(25)26/h10-14,16,32H,5-9,21H2,1-4H3,(H,22,27)(H,23,28)(H,24,29)(H,25,26)(H,30,31). The maximum atomic E-state index is 12.7. The van der Waals surface area contributed by atoms with E-state index in [9.17, 15) is 29.1 Å². The Morgan fingerprint density at radius 3 is 1.81 bits per heavy atom. The van der Waals surface area contributed by atoms with E-state index in [1.165, 1.54) is 0 Å². The molecule has 32 heavy (non-hydrogen) atoms. The van der Waals surface area contributed by atoms with Gasteiger partial charge in [-0.15, -0.1) is 0 Å². The maximum Gasteiger partial charge on any atom is 0.326 e. The van der Waals surface area contributed by atoms with Crippen LogP contribution in [0.4, 0.5) is 0 Å². The van der Waals surface area contributed by atoms with Gasteiger partial charge in [-0.25, -0.2) is 4.79 Å². The second-order valence-corrected chi connectivity index (χ2v) is 8.54. The van der Waals surface area contributed by atoms with Gasteiger partial charge in [-0.1, -0.05) is 34.1 Å². The fourth-order valence-electron chi connectivity index (χ4n) is 2.75. The third-order valence-corrected chi connectivity index (χ3v) is 5.34. The fourth-order valence-corrected chi connectivity index (χ4v) is 3.00. The van der Waals surface area contributed by atoms with Crippen LogP contribution in [0.5, 0.6) is 0 Å². The van der Waals surface area contributed by atoms with Crippen LogP contribution in [0.1, 0.15) is 53.4 Å². The Kier molecular flexibility index (Phi) is 13.6. The molecule has 12 heteroatoms. The predicted molar refractivity (Wildman–Crippen MR) is 121 cm³/mol. The molecule has 0 aliphatic rings. The van der Waals surface area contributed by atoms with E-state index >= 15 is 0 Å². The predicted octanol–water partition coefficient (Wildman–Crippen LogP) is -0.260. The number of carbonyl (C=O) groups excluding carboxylic acids is 3. The van der Waals surface area contributed by atoms with Crippen LogP contribution in [-0.4, -0.2) is 69.8 Å². The van der Waals surface area contributed by atoms with E-state index in [1.807, 2.05) is 27.7 Å². The Balaban J connectivity index is 5.31. The van der Waals surface area contributed by atoms with Gasteiger partial charge in [-0.2, -0.15) is 12.6 Å². The van der Waals surface area contributed by atoms with Gasteiger partial charge in [0.1, 0.15) is 18.1 Å². The molecule has 0 saturated carbocycles. The minimum absolute atomic E-state index is 0.0313. The quantitative estimate of drug-likeness (QED) is 0.157. The number of hydrogen-bond donors (Lipinski definition) is 7. The number of aliphatic carboxylic acids is 2. The molecule has 7 N–H and O–H groups in total. The first-order valence-corrected chi connectivity index (χ1v) is 11.2. The van der Waals surface area contributed by atoms with E-state index in [0.29, 0.717) is 6.42 Å². The van der Waals surface area contributed by atoms with Gasteiger partial charge < -0.3 is 31.9 Å². The molecule has 184 valence electrons. The summed E-state index contributed by atoms with van der Waals surface area (Å²) >= 11 is 4.10. The highest BCUT2D eigenvalue weighted by molar-refractivity contribution is 7.80. The number of nitrogens with one attached hydrogen (secondary N) is 3. The molecule has 0 radical (unpaired) electrons. The molecule has 0 bridgehead atoms. The zero-order valence-corrected chi connectivity index (χ0v) is 19.9. The van der Waals surface area contributed by atoms with Gasteiger partial charge in [0.05, 0.1) is 6.04 Å². The van der Waals surface area contributed by atoms with Gasteiger partial charge in [0.25, 0.3) is 0 Å². The average Bonchev–Trinajstić information content (AvgIpc) is 2.71. The lowest BCUT2D eigenvalue weighted by molar-refractivity contribution is -0.143. The highest BCUT2D eigenvalue weighted by atomic mass is 32.1. The highest BCUT2D eigenvalue weighted by Gasteiger charge is 2.31. The zero-order valence-electron chi connectivity index (χ0n) is 19.0. The van der Waals surface area contributed by atoms with Gasteiger partial charge in [0.15, 0.2) is 0 Å². The molecule has 0 saturated heterocycles. The van der Waals surface area contributed by atoms with Crippen LogP contribution < -0.4 is 21.7 Å². The summed E-state index contributed by atoms with van der Waals surface area (Å²) in [5.41, 5.74) is 5.89. The fraction of sp³-hybridized carbons (Fsp3) is 0.750. The summed E-state index contributed by atoms with van der Waals surface area (Å²) in [6.45, 7) is 7.33. The highest BCUT2D eigenvalue weighted by Crippen LogP contribution is 2.09. The van der Waals surface area contributed by atoms with Crippen LogP contribution in [0.15, 0.2) is 0 Å². The number of carboxylic acid groups (broad SMARTS) is 2. The number of amides is 3. The van der Waals surface area contributed by atoms with Crippen molar-refractivity contribution in [1.29, 1.82) is 0 Å². The monoisotopic (exact) mass is 476 g/mol. The number of carboxylic acids is 2. The van der Waals surface area contributed by atoms with Crippen molar-refractivity contribution in [1.82, 2.24) is 16.0 Å². The van der Waals surface area contributed by atoms with E-state index in [2.05, 4.69) is 28.6 Å². The van der Waals surface area contributed by atoms with Crippen LogP contribution in [0.25, 0.3) is 0 Å². The van der Waals surface area contributed by atoms with Gasteiger partial charge in [-0.3, -0.25) is 19.2 Å². The SMILES string of the molecule is CCC(C)C(N)C(=O)NC(CS)C(=O)NC(CC(C)C)C(=O)NC(CCC(=O)O)C(=O)O. The molecule has 0 aromatic rings. The molecular weight excluding hydrogens is 440 g/mol. The number of carbonyl (C=O) groups is 5. The second-order valence-electron chi connectivity index (χ2n) is 8.18. The van der Waals surface area contributed by atoms with Crippen LogP contribution in [0.2, 0.25) is 0 Å². The van der Waals surface area contributed by atoms with E-state index in [1.54, 1.807) is 0 Å². The Bertz CT molecular complexity index is 674. The van der Waals surface area contributed by atoms with Crippen molar-refractivity contribution in [3.05, 3.63) is 0 Å². The molecule has 3 amide bonds. The third kappa shape index (κ3) is 10.8. The van der Waals surface area contributed by atoms with Crippen molar-refractivity contribution in [2.24, 2.45) is 17.6 Å². The first-order chi connectivity index (χ1) is 14.8. The normalized spacial score (nSPS) is 15.7. The van der Waals surface area contributed by atoms with Crippen molar-refractivity contribution in [3.8, 4) is 0 Å². The molecule has 0 spiro atoms. The molecule has 0 rings (SSSR count). The summed E-state index contributed by atoms with van der Waals surface area (Å²) in [7, 11) is 0. The van der Waals surface area contributed by atoms with Gasteiger partial charge in [0.2, 0.25) is 17.7 Å². The van der Waals surface area contributed by atoms with Crippen LogP contribution in [0.3, 0.4) is 0 Å². The molecule has 0 aromatic carbocycles. The maximum absolute atomic E-state index is 12.7. The molecule has 11 nitrogen and oxygen atoms in total. The second kappa shape index (κ2) is 14.7. The van der Waals surface area contributed by atoms with Crippen molar-refractivity contribution in [2.75, 3.05) is 5.75 Å². The third-order valence-electron chi connectivity index (χ3n) is 4.98. The smallest absolute Gasteiger partial charge is 0.326 e. The van der Waals surface area contributed by atoms with Crippen LogP contribution in [-0.2, 0) is 24.0 Å². The van der Waals surface area contributed by atoms with Crippen LogP contribution >= 0.6 is 12.6 Å². The molecule has 0 aliphatic carbocycles. The van der Waals surface area contributed by atoms with E-state index in [4.69, 9.17) is 10.8 Å². The lowest BCUT2D eigenvalue weighted by atomic mass is 9.99. The Labute approximate surface area is 193 Å². The Hall–Kier alpha value is -2.34. The lowest BCUT2D eigenvalue weighted by Gasteiger charge is -2.26. The summed E-state index contributed by atoms with van der Waals surface area (Å²) in [4.78, 5) is 59.8. The minimum atomic E-state index is -1.42. The molecular formula is C20H36N4O7S. The van der Waals surface area contributed by atoms with Gasteiger partial charge in [-0.05, 0) is 24.7 Å². The number of thiol groups is 1. The molecule has 5 unspecified atom stereocenters. The molecule has 0 fully saturated rings. The number of hydrogen-bond acceptors (Lipinski definition) is 7. The van der Waals surface area contributed by atoms with Gasteiger partial charge >= 0.3 is 11.9 Å². The van der Waals surface area contributed by atoms with Crippen LogP contribution in [0, 0.1) is 11.8 Å². The summed E-state index contributed by atoms with van der Waals surface area (Å²) in [5, 5.41) is 25.4. The average molecular weight is 477 g/mol.